The van der Waals surface area contributed by atoms with Gasteiger partial charge in [-0.15, -0.1) is 0 Å². The number of carbonyl (C=O) groups excluding carboxylic acids is 1. The Morgan fingerprint density at radius 2 is 2.05 bits per heavy atom. The van der Waals surface area contributed by atoms with E-state index in [-0.39, 0.29) is 17.5 Å². The average molecular weight is 267 g/mol. The number of nitrogens with zero attached hydrogens (tertiary/aromatic N) is 1. The minimum Gasteiger partial charge on any atom is -0.508 e. The molecule has 2 aromatic carbocycles. The van der Waals surface area contributed by atoms with Gasteiger partial charge in [-0.3, -0.25) is 4.79 Å². The zero-order valence-electron chi connectivity index (χ0n) is 10.8. The molecule has 0 unspecified atom stereocenters. The van der Waals surface area contributed by atoms with Crippen molar-refractivity contribution in [2.24, 2.45) is 0 Å². The van der Waals surface area contributed by atoms with Crippen molar-refractivity contribution in [2.45, 2.75) is 6.92 Å². The molecule has 1 heterocycles. The van der Waals surface area contributed by atoms with E-state index in [1.807, 2.05) is 31.2 Å². The predicted molar refractivity (Wildman–Crippen MR) is 76.9 cm³/mol. The van der Waals surface area contributed by atoms with Crippen LogP contribution in [0, 0.1) is 6.92 Å². The summed E-state index contributed by atoms with van der Waals surface area (Å²) in [5.41, 5.74) is 3.00. The molecule has 100 valence electrons. The van der Waals surface area contributed by atoms with E-state index in [1.54, 1.807) is 12.1 Å². The minimum absolute atomic E-state index is 0.171. The molecule has 0 aliphatic carbocycles. The molecule has 3 N–H and O–H groups in total. The summed E-state index contributed by atoms with van der Waals surface area (Å²) < 4.78 is 0. The summed E-state index contributed by atoms with van der Waals surface area (Å²) in [6.07, 6.45) is 0. The number of phenols is 1. The Morgan fingerprint density at radius 3 is 2.80 bits per heavy atom. The minimum atomic E-state index is -0.310. The lowest BCUT2D eigenvalue weighted by Gasteiger charge is -2.06. The number of rotatable bonds is 2. The second-order valence-electron chi connectivity index (χ2n) is 4.56. The van der Waals surface area contributed by atoms with Gasteiger partial charge in [0.05, 0.1) is 11.0 Å². The molecule has 0 radical (unpaired) electrons. The Balaban J connectivity index is 1.89. The highest BCUT2D eigenvalue weighted by molar-refractivity contribution is 6.03. The fourth-order valence-electron chi connectivity index (χ4n) is 2.03. The van der Waals surface area contributed by atoms with Crippen LogP contribution in [0.1, 0.15) is 16.2 Å². The van der Waals surface area contributed by atoms with Gasteiger partial charge in [0.2, 0.25) is 0 Å². The van der Waals surface area contributed by atoms with E-state index in [2.05, 4.69) is 15.3 Å². The quantitative estimate of drug-likeness (QED) is 0.625. The molecular weight excluding hydrogens is 254 g/mol. The fourth-order valence-corrected chi connectivity index (χ4v) is 2.03. The van der Waals surface area contributed by atoms with E-state index >= 15 is 0 Å². The lowest BCUT2D eigenvalue weighted by molar-refractivity contribution is 0.101. The first-order chi connectivity index (χ1) is 9.63. The van der Waals surface area contributed by atoms with Crippen LogP contribution in [0.4, 0.5) is 5.69 Å². The number of imidazole rings is 1. The van der Waals surface area contributed by atoms with E-state index < -0.39 is 0 Å². The molecule has 0 saturated carbocycles. The highest BCUT2D eigenvalue weighted by atomic mass is 16.3. The normalized spacial score (nSPS) is 10.7. The second kappa shape index (κ2) is 4.70. The van der Waals surface area contributed by atoms with Crippen LogP contribution in [-0.2, 0) is 0 Å². The summed E-state index contributed by atoms with van der Waals surface area (Å²) in [4.78, 5) is 19.4. The number of aryl methyl sites for hydroxylation is 1. The molecule has 3 aromatic rings. The summed E-state index contributed by atoms with van der Waals surface area (Å²) in [6.45, 7) is 1.81. The maximum absolute atomic E-state index is 12.2. The van der Waals surface area contributed by atoms with E-state index in [0.717, 1.165) is 16.6 Å². The Kier molecular flexibility index (Phi) is 2.87. The molecule has 0 atom stereocenters. The van der Waals surface area contributed by atoms with Crippen molar-refractivity contribution in [3.63, 3.8) is 0 Å². The molecule has 3 rings (SSSR count). The fraction of sp³-hybridized carbons (Fsp3) is 0.0667. The van der Waals surface area contributed by atoms with Crippen LogP contribution in [0.5, 0.6) is 5.75 Å². The van der Waals surface area contributed by atoms with Gasteiger partial charge in [-0.1, -0.05) is 12.1 Å². The Labute approximate surface area is 115 Å². The van der Waals surface area contributed by atoms with E-state index in [9.17, 15) is 9.90 Å². The maximum Gasteiger partial charge on any atom is 0.291 e. The third kappa shape index (κ3) is 2.21. The van der Waals surface area contributed by atoms with Crippen molar-refractivity contribution in [1.29, 1.82) is 0 Å². The lowest BCUT2D eigenvalue weighted by atomic mass is 10.2. The van der Waals surface area contributed by atoms with E-state index in [1.165, 1.54) is 6.07 Å². The number of phenolic OH excluding ortho intramolecular Hbond substituents is 1. The Morgan fingerprint density at radius 1 is 1.25 bits per heavy atom. The number of nitrogens with one attached hydrogen (secondary N) is 2. The van der Waals surface area contributed by atoms with Gasteiger partial charge in [0.15, 0.2) is 5.82 Å². The number of hydrogen-bond donors (Lipinski definition) is 3. The zero-order chi connectivity index (χ0) is 14.1. The molecule has 0 bridgehead atoms. The first kappa shape index (κ1) is 12.2. The molecule has 0 spiro atoms. The third-order valence-electron chi connectivity index (χ3n) is 3.06. The van der Waals surface area contributed by atoms with E-state index in [4.69, 9.17) is 0 Å². The summed E-state index contributed by atoms with van der Waals surface area (Å²) >= 11 is 0. The number of fused-ring (bicyclic) bond motifs is 1. The van der Waals surface area contributed by atoms with Crippen LogP contribution in [-0.4, -0.2) is 21.0 Å². The van der Waals surface area contributed by atoms with E-state index in [0.29, 0.717) is 5.69 Å². The van der Waals surface area contributed by atoms with Crippen LogP contribution >= 0.6 is 0 Å². The number of aromatic amines is 1. The molecular formula is C15H13N3O2. The standard InChI is InChI=1S/C15H13N3O2/c1-9-8-10(19)6-7-11(9)18-15(20)14-16-12-4-2-3-5-13(12)17-14/h2-8,19H,1H3,(H,16,17)(H,18,20). The topological polar surface area (TPSA) is 78.0 Å². The molecule has 1 amide bonds. The first-order valence-electron chi connectivity index (χ1n) is 6.19. The molecule has 0 saturated heterocycles. The van der Waals surface area contributed by atoms with Crippen molar-refractivity contribution < 1.29 is 9.90 Å². The molecule has 0 aliphatic rings. The van der Waals surface area contributed by atoms with Gasteiger partial charge in [0.25, 0.3) is 5.91 Å². The number of para-hydroxylation sites is 2. The first-order valence-corrected chi connectivity index (χ1v) is 6.19. The number of hydrogen-bond acceptors (Lipinski definition) is 3. The predicted octanol–water partition coefficient (Wildman–Crippen LogP) is 2.83. The van der Waals surface area contributed by atoms with Gasteiger partial charge in [-0.25, -0.2) is 4.98 Å². The zero-order valence-corrected chi connectivity index (χ0v) is 10.8. The highest BCUT2D eigenvalue weighted by Crippen LogP contribution is 2.20. The van der Waals surface area contributed by atoms with Crippen molar-refractivity contribution in [3.8, 4) is 5.75 Å². The lowest BCUT2D eigenvalue weighted by Crippen LogP contribution is -2.14. The number of amides is 1. The van der Waals surface area contributed by atoms with Gasteiger partial charge < -0.3 is 15.4 Å². The maximum atomic E-state index is 12.2. The molecule has 5 heteroatoms. The number of carbonyl (C=O) groups is 1. The van der Waals surface area contributed by atoms with Gasteiger partial charge >= 0.3 is 0 Å². The molecule has 1 aromatic heterocycles. The van der Waals surface area contributed by atoms with Crippen LogP contribution in [0.3, 0.4) is 0 Å². The smallest absolute Gasteiger partial charge is 0.291 e. The van der Waals surface area contributed by atoms with Crippen LogP contribution in [0.15, 0.2) is 42.5 Å². The SMILES string of the molecule is Cc1cc(O)ccc1NC(=O)c1nc2ccccc2[nH]1. The summed E-state index contributed by atoms with van der Waals surface area (Å²) in [5, 5.41) is 12.1. The summed E-state index contributed by atoms with van der Waals surface area (Å²) in [5.74, 6) is 0.123. The molecule has 20 heavy (non-hydrogen) atoms. The molecule has 5 nitrogen and oxygen atoms in total. The largest absolute Gasteiger partial charge is 0.508 e. The summed E-state index contributed by atoms with van der Waals surface area (Å²) in [7, 11) is 0. The van der Waals surface area contributed by atoms with Crippen molar-refractivity contribution in [3.05, 3.63) is 53.9 Å². The Bertz CT molecular complexity index is 760. The van der Waals surface area contributed by atoms with Gasteiger partial charge in [-0.05, 0) is 42.8 Å². The second-order valence-corrected chi connectivity index (χ2v) is 4.56. The third-order valence-corrected chi connectivity index (χ3v) is 3.06. The number of aromatic hydroxyl groups is 1. The molecule has 0 fully saturated rings. The van der Waals surface area contributed by atoms with Crippen LogP contribution < -0.4 is 5.32 Å². The van der Waals surface area contributed by atoms with Gasteiger partial charge in [-0.2, -0.15) is 0 Å². The van der Waals surface area contributed by atoms with Crippen LogP contribution in [0.2, 0.25) is 0 Å². The highest BCUT2D eigenvalue weighted by Gasteiger charge is 2.12. The number of benzene rings is 2. The summed E-state index contributed by atoms with van der Waals surface area (Å²) in [6, 6.07) is 12.2. The number of aromatic nitrogens is 2. The van der Waals surface area contributed by atoms with Crippen molar-refractivity contribution in [2.75, 3.05) is 5.32 Å². The number of anilines is 1. The number of H-pyrrole nitrogens is 1. The monoisotopic (exact) mass is 267 g/mol. The van der Waals surface area contributed by atoms with Gasteiger partial charge in [0.1, 0.15) is 5.75 Å². The van der Waals surface area contributed by atoms with Crippen molar-refractivity contribution in [1.82, 2.24) is 9.97 Å². The average Bonchev–Trinajstić information content (AvgIpc) is 2.86. The van der Waals surface area contributed by atoms with Crippen molar-refractivity contribution >= 4 is 22.6 Å². The van der Waals surface area contributed by atoms with Crippen LogP contribution in [0.25, 0.3) is 11.0 Å². The molecule has 0 aliphatic heterocycles. The Hall–Kier alpha value is -2.82. The van der Waals surface area contributed by atoms with Gasteiger partial charge in [0, 0.05) is 5.69 Å².